The molecule has 2 heterocycles. The highest BCUT2D eigenvalue weighted by atomic mass is 35.5. The lowest BCUT2D eigenvalue weighted by Crippen LogP contribution is -2.55. The molecule has 2 saturated heterocycles. The van der Waals surface area contributed by atoms with Crippen molar-refractivity contribution in [1.29, 1.82) is 0 Å². The van der Waals surface area contributed by atoms with Gasteiger partial charge >= 0.3 is 6.09 Å². The van der Waals surface area contributed by atoms with Crippen molar-refractivity contribution in [2.75, 3.05) is 25.0 Å². The molecule has 3 aliphatic rings. The summed E-state index contributed by atoms with van der Waals surface area (Å²) in [7, 11) is -1.96. The van der Waals surface area contributed by atoms with Crippen molar-refractivity contribution in [3.63, 3.8) is 0 Å². The van der Waals surface area contributed by atoms with Gasteiger partial charge in [-0.1, -0.05) is 41.9 Å². The van der Waals surface area contributed by atoms with Crippen molar-refractivity contribution >= 4 is 33.4 Å². The van der Waals surface area contributed by atoms with Gasteiger partial charge in [-0.2, -0.15) is 4.31 Å². The van der Waals surface area contributed by atoms with E-state index in [4.69, 9.17) is 16.3 Å². The molecule has 10 heteroatoms. The van der Waals surface area contributed by atoms with Crippen LogP contribution in [0.1, 0.15) is 56.6 Å². The van der Waals surface area contributed by atoms with E-state index in [0.29, 0.717) is 55.4 Å². The molecule has 0 radical (unpaired) electrons. The number of piperidine rings is 2. The van der Waals surface area contributed by atoms with Crippen molar-refractivity contribution in [3.8, 4) is 0 Å². The van der Waals surface area contributed by atoms with Crippen molar-refractivity contribution in [2.45, 2.75) is 73.6 Å². The Bertz CT molecular complexity index is 1540. The number of carbonyl (C=O) groups excluding carboxylic acids is 1. The molecule has 0 aromatic heterocycles. The summed E-state index contributed by atoms with van der Waals surface area (Å²) in [4.78, 5) is 17.7. The van der Waals surface area contributed by atoms with E-state index in [1.807, 2.05) is 18.2 Å². The summed E-state index contributed by atoms with van der Waals surface area (Å²) in [6.07, 6.45) is 4.23. The molecular weight excluding hydrogens is 589 g/mol. The minimum absolute atomic E-state index is 0.108. The second kappa shape index (κ2) is 12.1. The van der Waals surface area contributed by atoms with Crippen LogP contribution in [0, 0.1) is 5.82 Å². The summed E-state index contributed by atoms with van der Waals surface area (Å²) in [6, 6.07) is 21.6. The molecule has 43 heavy (non-hydrogen) atoms. The fourth-order valence-electron chi connectivity index (χ4n) is 6.74. The van der Waals surface area contributed by atoms with E-state index in [1.54, 1.807) is 29.2 Å². The Morgan fingerprint density at radius 2 is 1.65 bits per heavy atom. The molecule has 0 spiro atoms. The third-order valence-electron chi connectivity index (χ3n) is 9.27. The normalized spacial score (nSPS) is 22.6. The molecule has 0 bridgehead atoms. The monoisotopic (exact) mass is 625 g/mol. The number of nitrogens with zero attached hydrogens (tertiary/aromatic N) is 3. The minimum Gasteiger partial charge on any atom is -0.441 e. The van der Waals surface area contributed by atoms with Crippen LogP contribution in [0.3, 0.4) is 0 Å². The maximum Gasteiger partial charge on any atom is 0.410 e. The molecule has 3 aromatic carbocycles. The average molecular weight is 626 g/mol. The highest BCUT2D eigenvalue weighted by Crippen LogP contribution is 2.52. The third-order valence-corrected chi connectivity index (χ3v) is 11.5. The number of para-hydroxylation sites is 1. The molecule has 6 rings (SSSR count). The van der Waals surface area contributed by atoms with Gasteiger partial charge in [0, 0.05) is 36.9 Å². The second-order valence-electron chi connectivity index (χ2n) is 11.9. The van der Waals surface area contributed by atoms with Crippen LogP contribution in [0.4, 0.5) is 14.9 Å². The van der Waals surface area contributed by atoms with Crippen LogP contribution < -0.4 is 4.90 Å². The van der Waals surface area contributed by atoms with Gasteiger partial charge in [0.15, 0.2) is 0 Å². The Kier molecular flexibility index (Phi) is 8.41. The standard InChI is InChI=1S/C33H37ClFN3O4S/c1-36(27-9-3-2-4-10-27)28-17-21-37(22-18-28)32(39)42-33(19-20-33)31-12-6-11-30(24-7-5-8-26(35)23-24)38(31)43(40,41)29-15-13-25(34)14-16-29/h2-5,7-10,13-16,23,28,30-31H,6,11-12,17-22H2,1H3. The molecular formula is C33H37ClFN3O4S. The van der Waals surface area contributed by atoms with Crippen molar-refractivity contribution < 1.29 is 22.3 Å². The van der Waals surface area contributed by atoms with Gasteiger partial charge in [0.25, 0.3) is 0 Å². The van der Waals surface area contributed by atoms with Crippen molar-refractivity contribution in [1.82, 2.24) is 9.21 Å². The lowest BCUT2D eigenvalue weighted by molar-refractivity contribution is -0.0110. The summed E-state index contributed by atoms with van der Waals surface area (Å²) in [5, 5.41) is 0.433. The smallest absolute Gasteiger partial charge is 0.410 e. The van der Waals surface area contributed by atoms with Gasteiger partial charge < -0.3 is 14.5 Å². The van der Waals surface area contributed by atoms with E-state index < -0.39 is 39.6 Å². The van der Waals surface area contributed by atoms with Gasteiger partial charge in [-0.15, -0.1) is 0 Å². The summed E-state index contributed by atoms with van der Waals surface area (Å²) >= 11 is 6.07. The number of ether oxygens (including phenoxy) is 1. The first kappa shape index (κ1) is 29.9. The predicted molar refractivity (Wildman–Crippen MR) is 165 cm³/mol. The zero-order valence-corrected chi connectivity index (χ0v) is 25.8. The van der Waals surface area contributed by atoms with Crippen LogP contribution in [0.5, 0.6) is 0 Å². The number of amides is 1. The topological polar surface area (TPSA) is 70.2 Å². The van der Waals surface area contributed by atoms with Crippen LogP contribution in [-0.2, 0) is 14.8 Å². The molecule has 1 saturated carbocycles. The molecule has 2 unspecified atom stereocenters. The predicted octanol–water partition coefficient (Wildman–Crippen LogP) is 7.03. The van der Waals surface area contributed by atoms with E-state index in [-0.39, 0.29) is 4.90 Å². The molecule has 3 fully saturated rings. The largest absolute Gasteiger partial charge is 0.441 e. The molecule has 7 nitrogen and oxygen atoms in total. The van der Waals surface area contributed by atoms with Crippen LogP contribution in [0.25, 0.3) is 0 Å². The lowest BCUT2D eigenvalue weighted by Gasteiger charge is -2.45. The fraction of sp³-hybridized carbons (Fsp3) is 0.424. The molecule has 228 valence electrons. The van der Waals surface area contributed by atoms with Crippen LogP contribution in [0.15, 0.2) is 83.8 Å². The quantitative estimate of drug-likeness (QED) is 0.282. The van der Waals surface area contributed by atoms with E-state index in [1.165, 1.54) is 28.6 Å². The van der Waals surface area contributed by atoms with E-state index in [2.05, 4.69) is 24.1 Å². The van der Waals surface area contributed by atoms with Crippen molar-refractivity contribution in [3.05, 3.63) is 95.3 Å². The Labute approximate surface area is 258 Å². The number of sulfonamides is 1. The molecule has 1 amide bonds. The number of halogens is 2. The summed E-state index contributed by atoms with van der Waals surface area (Å²) in [5.74, 6) is -0.419. The summed E-state index contributed by atoms with van der Waals surface area (Å²) < 4.78 is 50.7. The van der Waals surface area contributed by atoms with Crippen LogP contribution in [-0.4, -0.2) is 61.5 Å². The number of hydrogen-bond donors (Lipinski definition) is 0. The van der Waals surface area contributed by atoms with Gasteiger partial charge in [0.2, 0.25) is 10.0 Å². The van der Waals surface area contributed by atoms with E-state index in [0.717, 1.165) is 24.9 Å². The van der Waals surface area contributed by atoms with Gasteiger partial charge in [0.1, 0.15) is 11.4 Å². The lowest BCUT2D eigenvalue weighted by atomic mass is 9.90. The highest BCUT2D eigenvalue weighted by molar-refractivity contribution is 7.89. The summed E-state index contributed by atoms with van der Waals surface area (Å²) in [6.45, 7) is 1.14. The maximum atomic E-state index is 14.3. The number of likely N-dealkylation sites (tertiary alicyclic amines) is 1. The molecule has 2 atom stereocenters. The van der Waals surface area contributed by atoms with Gasteiger partial charge in [0.05, 0.1) is 17.0 Å². The number of rotatable bonds is 7. The molecule has 3 aromatic rings. The average Bonchev–Trinajstić information content (AvgIpc) is 3.81. The zero-order valence-electron chi connectivity index (χ0n) is 24.2. The zero-order chi connectivity index (χ0) is 30.2. The van der Waals surface area contributed by atoms with Gasteiger partial charge in [-0.25, -0.2) is 17.6 Å². The molecule has 2 aliphatic heterocycles. The first-order valence-electron chi connectivity index (χ1n) is 15.0. The maximum absolute atomic E-state index is 14.3. The Balaban J connectivity index is 1.23. The second-order valence-corrected chi connectivity index (χ2v) is 14.2. The Morgan fingerprint density at radius 3 is 2.30 bits per heavy atom. The number of anilines is 1. The van der Waals surface area contributed by atoms with Gasteiger partial charge in [-0.3, -0.25) is 0 Å². The number of benzene rings is 3. The summed E-state index contributed by atoms with van der Waals surface area (Å²) in [5.41, 5.74) is 0.821. The first-order valence-corrected chi connectivity index (χ1v) is 16.8. The van der Waals surface area contributed by atoms with E-state index in [9.17, 15) is 17.6 Å². The number of hydrogen-bond acceptors (Lipinski definition) is 5. The van der Waals surface area contributed by atoms with Crippen LogP contribution >= 0.6 is 11.6 Å². The minimum atomic E-state index is -4.04. The SMILES string of the molecule is CN(c1ccccc1)C1CCN(C(=O)OC2(C3CCCC(c4cccc(F)c4)N3S(=O)(=O)c3ccc(Cl)cc3)CC2)CC1. The fourth-order valence-corrected chi connectivity index (χ4v) is 8.78. The Morgan fingerprint density at radius 1 is 0.953 bits per heavy atom. The first-order chi connectivity index (χ1) is 20.7. The Hall–Kier alpha value is -3.14. The molecule has 0 N–H and O–H groups in total. The third kappa shape index (κ3) is 6.12. The van der Waals surface area contributed by atoms with E-state index >= 15 is 0 Å². The van der Waals surface area contributed by atoms with Crippen LogP contribution in [0.2, 0.25) is 5.02 Å². The van der Waals surface area contributed by atoms with Gasteiger partial charge in [-0.05, 0) is 99.0 Å². The number of carbonyl (C=O) groups is 1. The van der Waals surface area contributed by atoms with Crippen molar-refractivity contribution in [2.24, 2.45) is 0 Å². The highest BCUT2D eigenvalue weighted by Gasteiger charge is 2.60. The molecule has 1 aliphatic carbocycles.